The van der Waals surface area contributed by atoms with Crippen LogP contribution in [-0.2, 0) is 16.4 Å². The van der Waals surface area contributed by atoms with Gasteiger partial charge in [0.05, 0.1) is 11.3 Å². The van der Waals surface area contributed by atoms with Crippen LogP contribution < -0.4 is 5.32 Å². The Morgan fingerprint density at radius 1 is 0.944 bits per heavy atom. The maximum atomic E-state index is 13.1. The SMILES string of the molecule is CCCCN(CCCC)S(=O)(=O)c1ccc(C(=O)Nc2nnc(Cc3ccc(C(C)C)cc3)o2)cc1. The molecule has 1 aromatic heterocycles. The first-order valence-corrected chi connectivity index (χ1v) is 14.0. The molecule has 0 fully saturated rings. The molecule has 0 spiro atoms. The average Bonchev–Trinajstić information content (AvgIpc) is 3.30. The van der Waals surface area contributed by atoms with Gasteiger partial charge in [0, 0.05) is 18.7 Å². The predicted octanol–water partition coefficient (Wildman–Crippen LogP) is 5.63. The summed E-state index contributed by atoms with van der Waals surface area (Å²) >= 11 is 0. The van der Waals surface area contributed by atoms with Crippen LogP contribution in [0.2, 0.25) is 0 Å². The molecule has 0 saturated heterocycles. The van der Waals surface area contributed by atoms with Crippen LogP contribution >= 0.6 is 0 Å². The summed E-state index contributed by atoms with van der Waals surface area (Å²) in [5, 5.41) is 10.5. The highest BCUT2D eigenvalue weighted by molar-refractivity contribution is 7.89. The number of nitrogens with zero attached hydrogens (tertiary/aromatic N) is 3. The van der Waals surface area contributed by atoms with Gasteiger partial charge in [0.25, 0.3) is 5.91 Å². The predicted molar refractivity (Wildman–Crippen MR) is 141 cm³/mol. The second-order valence-corrected chi connectivity index (χ2v) is 11.1. The van der Waals surface area contributed by atoms with Crippen molar-refractivity contribution in [2.75, 3.05) is 18.4 Å². The highest BCUT2D eigenvalue weighted by atomic mass is 32.2. The zero-order valence-corrected chi connectivity index (χ0v) is 22.3. The van der Waals surface area contributed by atoms with Crippen molar-refractivity contribution in [3.63, 3.8) is 0 Å². The van der Waals surface area contributed by atoms with Gasteiger partial charge in [-0.05, 0) is 54.2 Å². The van der Waals surface area contributed by atoms with E-state index in [-0.39, 0.29) is 10.9 Å². The van der Waals surface area contributed by atoms with E-state index in [1.165, 1.54) is 34.1 Å². The number of benzene rings is 2. The molecule has 3 aromatic rings. The Hall–Kier alpha value is -3.04. The first-order chi connectivity index (χ1) is 17.2. The number of carbonyl (C=O) groups is 1. The van der Waals surface area contributed by atoms with Crippen LogP contribution in [0.5, 0.6) is 0 Å². The molecule has 3 rings (SSSR count). The zero-order chi connectivity index (χ0) is 26.1. The summed E-state index contributed by atoms with van der Waals surface area (Å²) in [7, 11) is -3.62. The van der Waals surface area contributed by atoms with Gasteiger partial charge < -0.3 is 4.42 Å². The topological polar surface area (TPSA) is 105 Å². The molecule has 0 radical (unpaired) electrons. The van der Waals surface area contributed by atoms with Crippen molar-refractivity contribution in [3.05, 3.63) is 71.1 Å². The highest BCUT2D eigenvalue weighted by Gasteiger charge is 2.24. The Labute approximate surface area is 214 Å². The zero-order valence-electron chi connectivity index (χ0n) is 21.5. The average molecular weight is 513 g/mol. The molecule has 1 heterocycles. The van der Waals surface area contributed by atoms with Gasteiger partial charge in [-0.25, -0.2) is 8.42 Å². The van der Waals surface area contributed by atoms with Gasteiger partial charge in [0.1, 0.15) is 0 Å². The Kier molecular flexibility index (Phi) is 9.78. The minimum absolute atomic E-state index is 0.00388. The monoisotopic (exact) mass is 512 g/mol. The third-order valence-electron chi connectivity index (χ3n) is 5.97. The second kappa shape index (κ2) is 12.8. The quantitative estimate of drug-likeness (QED) is 0.318. The number of sulfonamides is 1. The Morgan fingerprint density at radius 3 is 2.11 bits per heavy atom. The van der Waals surface area contributed by atoms with Crippen LogP contribution in [0, 0.1) is 0 Å². The lowest BCUT2D eigenvalue weighted by Gasteiger charge is -2.22. The van der Waals surface area contributed by atoms with E-state index in [1.807, 2.05) is 26.0 Å². The molecule has 0 bridgehead atoms. The lowest BCUT2D eigenvalue weighted by Crippen LogP contribution is -2.33. The fourth-order valence-corrected chi connectivity index (χ4v) is 5.21. The molecule has 1 amide bonds. The first-order valence-electron chi connectivity index (χ1n) is 12.6. The van der Waals surface area contributed by atoms with Crippen molar-refractivity contribution >= 4 is 21.9 Å². The van der Waals surface area contributed by atoms with Gasteiger partial charge in [0.2, 0.25) is 15.9 Å². The van der Waals surface area contributed by atoms with Crippen molar-refractivity contribution in [2.45, 2.75) is 70.6 Å². The van der Waals surface area contributed by atoms with Crippen LogP contribution in [0.1, 0.15) is 86.7 Å². The minimum atomic E-state index is -3.62. The van der Waals surface area contributed by atoms with Gasteiger partial charge in [-0.2, -0.15) is 4.31 Å². The molecule has 2 aromatic carbocycles. The number of nitrogens with one attached hydrogen (secondary N) is 1. The fraction of sp³-hybridized carbons (Fsp3) is 0.444. The van der Waals surface area contributed by atoms with E-state index in [2.05, 4.69) is 41.5 Å². The largest absolute Gasteiger partial charge is 0.407 e. The second-order valence-electron chi connectivity index (χ2n) is 9.16. The standard InChI is InChI=1S/C27H36N4O4S/c1-5-7-17-31(18-8-6-2)36(33,34)24-15-13-23(14-16-24)26(32)28-27-30-29-25(35-27)19-21-9-11-22(12-10-21)20(3)4/h9-16,20H,5-8,17-19H2,1-4H3,(H,28,30,32). The molecule has 36 heavy (non-hydrogen) atoms. The summed E-state index contributed by atoms with van der Waals surface area (Å²) in [6.45, 7) is 9.34. The maximum Gasteiger partial charge on any atom is 0.322 e. The number of aromatic nitrogens is 2. The molecule has 9 heteroatoms. The van der Waals surface area contributed by atoms with E-state index < -0.39 is 15.9 Å². The van der Waals surface area contributed by atoms with Crippen LogP contribution in [-0.4, -0.2) is 41.9 Å². The minimum Gasteiger partial charge on any atom is -0.407 e. The molecule has 0 aliphatic rings. The number of carbonyl (C=O) groups excluding carboxylic acids is 1. The van der Waals surface area contributed by atoms with Gasteiger partial charge in [-0.15, -0.1) is 5.10 Å². The highest BCUT2D eigenvalue weighted by Crippen LogP contribution is 2.20. The summed E-state index contributed by atoms with van der Waals surface area (Å²) in [5.41, 5.74) is 2.59. The summed E-state index contributed by atoms with van der Waals surface area (Å²) in [4.78, 5) is 12.8. The third kappa shape index (κ3) is 7.24. The normalized spacial score (nSPS) is 11.8. The van der Waals surface area contributed by atoms with E-state index in [1.54, 1.807) is 0 Å². The van der Waals surface area contributed by atoms with Crippen LogP contribution in [0.4, 0.5) is 6.01 Å². The van der Waals surface area contributed by atoms with Gasteiger partial charge in [-0.3, -0.25) is 10.1 Å². The summed E-state index contributed by atoms with van der Waals surface area (Å²) in [6, 6.07) is 14.1. The summed E-state index contributed by atoms with van der Waals surface area (Å²) in [5.74, 6) is 0.395. The van der Waals surface area contributed by atoms with E-state index >= 15 is 0 Å². The Balaban J connectivity index is 1.64. The third-order valence-corrected chi connectivity index (χ3v) is 7.88. The van der Waals surface area contributed by atoms with Crippen LogP contribution in [0.3, 0.4) is 0 Å². The smallest absolute Gasteiger partial charge is 0.322 e. The number of anilines is 1. The number of amides is 1. The molecule has 0 atom stereocenters. The van der Waals surface area contributed by atoms with Gasteiger partial charge in [0.15, 0.2) is 0 Å². The lowest BCUT2D eigenvalue weighted by molar-refractivity contribution is 0.102. The summed E-state index contributed by atoms with van der Waals surface area (Å²) < 4.78 is 33.3. The van der Waals surface area contributed by atoms with Crippen molar-refractivity contribution < 1.29 is 17.6 Å². The number of rotatable bonds is 13. The molecule has 1 N–H and O–H groups in total. The number of unbranched alkanes of at least 4 members (excludes halogenated alkanes) is 2. The fourth-order valence-electron chi connectivity index (χ4n) is 3.69. The maximum absolute atomic E-state index is 13.1. The summed E-state index contributed by atoms with van der Waals surface area (Å²) in [6.07, 6.45) is 3.90. The van der Waals surface area contributed by atoms with E-state index in [0.717, 1.165) is 31.2 Å². The first kappa shape index (κ1) is 27.5. The molecule has 0 aliphatic heterocycles. The molecule has 194 valence electrons. The molecular weight excluding hydrogens is 476 g/mol. The Morgan fingerprint density at radius 2 is 1.56 bits per heavy atom. The molecule has 0 unspecified atom stereocenters. The lowest BCUT2D eigenvalue weighted by atomic mass is 10.0. The van der Waals surface area contributed by atoms with Crippen molar-refractivity contribution in [1.82, 2.24) is 14.5 Å². The van der Waals surface area contributed by atoms with Crippen molar-refractivity contribution in [3.8, 4) is 0 Å². The van der Waals surface area contributed by atoms with Crippen LogP contribution in [0.25, 0.3) is 0 Å². The van der Waals surface area contributed by atoms with Gasteiger partial charge in [-0.1, -0.05) is 69.9 Å². The van der Waals surface area contributed by atoms with Gasteiger partial charge >= 0.3 is 6.01 Å². The number of hydrogen-bond donors (Lipinski definition) is 1. The molecule has 0 saturated carbocycles. The van der Waals surface area contributed by atoms with Crippen LogP contribution in [0.15, 0.2) is 57.8 Å². The Bertz CT molecular complexity index is 1210. The van der Waals surface area contributed by atoms with Crippen molar-refractivity contribution in [1.29, 1.82) is 0 Å². The van der Waals surface area contributed by atoms with Crippen molar-refractivity contribution in [2.24, 2.45) is 0 Å². The molecule has 0 aliphatic carbocycles. The number of hydrogen-bond acceptors (Lipinski definition) is 6. The van der Waals surface area contributed by atoms with E-state index in [4.69, 9.17) is 4.42 Å². The van der Waals surface area contributed by atoms with E-state index in [9.17, 15) is 13.2 Å². The molecule has 8 nitrogen and oxygen atoms in total. The molecular formula is C27H36N4O4S. The van der Waals surface area contributed by atoms with E-state index in [0.29, 0.717) is 36.9 Å².